The van der Waals surface area contributed by atoms with Gasteiger partial charge >= 0.3 is 5.97 Å². The Morgan fingerprint density at radius 2 is 1.80 bits per heavy atom. The monoisotopic (exact) mass is 275 g/mol. The van der Waals surface area contributed by atoms with Crippen LogP contribution in [0.5, 0.6) is 0 Å². The molecule has 2 unspecified atom stereocenters. The number of rotatable bonds is 5. The highest BCUT2D eigenvalue weighted by atomic mass is 16.4. The molecule has 0 aliphatic heterocycles. The number of aliphatic carboxylic acids is 1. The summed E-state index contributed by atoms with van der Waals surface area (Å²) >= 11 is 0. The first kappa shape index (κ1) is 14.6. The van der Waals surface area contributed by atoms with E-state index in [1.54, 1.807) is 0 Å². The van der Waals surface area contributed by atoms with Crippen LogP contribution in [0, 0.1) is 32.6 Å². The van der Waals surface area contributed by atoms with Crippen molar-refractivity contribution < 1.29 is 14.7 Å². The van der Waals surface area contributed by atoms with Crippen molar-refractivity contribution in [3.63, 3.8) is 0 Å². The van der Waals surface area contributed by atoms with Crippen molar-refractivity contribution >= 4 is 11.9 Å². The van der Waals surface area contributed by atoms with E-state index in [1.807, 2.05) is 0 Å². The highest BCUT2D eigenvalue weighted by Crippen LogP contribution is 2.38. The number of carbonyl (C=O) groups is 2. The van der Waals surface area contributed by atoms with Gasteiger partial charge in [-0.1, -0.05) is 17.7 Å². The van der Waals surface area contributed by atoms with E-state index in [-0.39, 0.29) is 11.8 Å². The maximum absolute atomic E-state index is 11.8. The zero-order valence-corrected chi connectivity index (χ0v) is 12.2. The number of carboxylic acids is 1. The lowest BCUT2D eigenvalue weighted by Gasteiger charge is -2.12. The molecule has 4 heteroatoms. The Morgan fingerprint density at radius 1 is 1.20 bits per heavy atom. The highest BCUT2D eigenvalue weighted by molar-refractivity contribution is 5.89. The Morgan fingerprint density at radius 3 is 2.30 bits per heavy atom. The molecule has 0 radical (unpaired) electrons. The van der Waals surface area contributed by atoms with Gasteiger partial charge in [-0.3, -0.25) is 9.59 Å². The van der Waals surface area contributed by atoms with Crippen LogP contribution in [0.15, 0.2) is 12.1 Å². The van der Waals surface area contributed by atoms with Crippen molar-refractivity contribution in [1.82, 2.24) is 5.32 Å². The molecular formula is C16H21NO3. The third kappa shape index (κ3) is 3.18. The summed E-state index contributed by atoms with van der Waals surface area (Å²) in [5, 5.41) is 11.6. The molecule has 2 N–H and O–H groups in total. The summed E-state index contributed by atoms with van der Waals surface area (Å²) in [5.74, 6) is -1.79. The van der Waals surface area contributed by atoms with Crippen LogP contribution in [0.1, 0.15) is 28.7 Å². The fourth-order valence-corrected chi connectivity index (χ4v) is 2.80. The lowest BCUT2D eigenvalue weighted by atomic mass is 9.97. The van der Waals surface area contributed by atoms with Gasteiger partial charge in [0.25, 0.3) is 0 Å². The van der Waals surface area contributed by atoms with E-state index in [9.17, 15) is 9.59 Å². The van der Waals surface area contributed by atoms with E-state index in [0.717, 1.165) is 6.42 Å². The molecule has 108 valence electrons. The Hall–Kier alpha value is -1.84. The van der Waals surface area contributed by atoms with Gasteiger partial charge in [0, 0.05) is 6.54 Å². The van der Waals surface area contributed by atoms with Gasteiger partial charge in [0.15, 0.2) is 0 Å². The second kappa shape index (κ2) is 5.65. The normalized spacial score (nSPS) is 20.6. The standard InChI is InChI=1S/C16H21NO3/c1-9-6-10(2)12(11(3)7-9)4-5-17-15(18)13-8-14(13)16(19)20/h6-7,13-14H,4-5,8H2,1-3H3,(H,17,18)(H,19,20). The molecule has 2 rings (SSSR count). The number of benzene rings is 1. The number of carboxylic acid groups (broad SMARTS) is 1. The molecule has 0 saturated heterocycles. The number of nitrogens with one attached hydrogen (secondary N) is 1. The minimum atomic E-state index is -0.865. The van der Waals surface area contributed by atoms with Crippen LogP contribution in [0.4, 0.5) is 0 Å². The predicted molar refractivity (Wildman–Crippen MR) is 76.6 cm³/mol. The summed E-state index contributed by atoms with van der Waals surface area (Å²) < 4.78 is 0. The molecule has 1 aliphatic carbocycles. The maximum Gasteiger partial charge on any atom is 0.307 e. The van der Waals surface area contributed by atoms with Crippen LogP contribution in [-0.4, -0.2) is 23.5 Å². The summed E-state index contributed by atoms with van der Waals surface area (Å²) in [7, 11) is 0. The molecule has 2 atom stereocenters. The zero-order valence-electron chi connectivity index (χ0n) is 12.2. The molecule has 1 fully saturated rings. The second-order valence-electron chi connectivity index (χ2n) is 5.71. The first-order chi connectivity index (χ1) is 9.40. The van der Waals surface area contributed by atoms with Crippen molar-refractivity contribution in [1.29, 1.82) is 0 Å². The summed E-state index contributed by atoms with van der Waals surface area (Å²) in [6.07, 6.45) is 1.26. The summed E-state index contributed by atoms with van der Waals surface area (Å²) in [6.45, 7) is 6.80. The van der Waals surface area contributed by atoms with Crippen molar-refractivity contribution in [3.8, 4) is 0 Å². The smallest absolute Gasteiger partial charge is 0.307 e. The van der Waals surface area contributed by atoms with E-state index in [4.69, 9.17) is 5.11 Å². The minimum absolute atomic E-state index is 0.125. The van der Waals surface area contributed by atoms with E-state index in [1.165, 1.54) is 22.3 Å². The second-order valence-corrected chi connectivity index (χ2v) is 5.71. The van der Waals surface area contributed by atoms with Gasteiger partial charge in [-0.25, -0.2) is 0 Å². The Kier molecular flexibility index (Phi) is 4.12. The van der Waals surface area contributed by atoms with Crippen LogP contribution < -0.4 is 5.32 Å². The molecule has 1 aliphatic rings. The van der Waals surface area contributed by atoms with Crippen molar-refractivity contribution in [2.24, 2.45) is 11.8 Å². The topological polar surface area (TPSA) is 66.4 Å². The van der Waals surface area contributed by atoms with Crippen LogP contribution in [0.3, 0.4) is 0 Å². The number of hydrogen-bond acceptors (Lipinski definition) is 2. The molecule has 0 bridgehead atoms. The molecule has 0 spiro atoms. The first-order valence-corrected chi connectivity index (χ1v) is 6.97. The van der Waals surface area contributed by atoms with E-state index >= 15 is 0 Å². The third-order valence-electron chi connectivity index (χ3n) is 3.96. The van der Waals surface area contributed by atoms with Gasteiger partial charge in [0.05, 0.1) is 11.8 Å². The molecule has 20 heavy (non-hydrogen) atoms. The largest absolute Gasteiger partial charge is 0.481 e. The average Bonchev–Trinajstić information content (AvgIpc) is 3.12. The van der Waals surface area contributed by atoms with E-state index in [0.29, 0.717) is 13.0 Å². The third-order valence-corrected chi connectivity index (χ3v) is 3.96. The van der Waals surface area contributed by atoms with Crippen molar-refractivity contribution in [3.05, 3.63) is 34.4 Å². The van der Waals surface area contributed by atoms with Crippen LogP contribution in [-0.2, 0) is 16.0 Å². The molecule has 1 aromatic carbocycles. The maximum atomic E-state index is 11.8. The predicted octanol–water partition coefficient (Wildman–Crippen LogP) is 1.99. The van der Waals surface area contributed by atoms with Crippen LogP contribution >= 0.6 is 0 Å². The van der Waals surface area contributed by atoms with Gasteiger partial charge in [0.1, 0.15) is 0 Å². The SMILES string of the molecule is Cc1cc(C)c(CCNC(=O)C2CC2C(=O)O)c(C)c1. The Balaban J connectivity index is 1.85. The molecule has 1 amide bonds. The van der Waals surface area contributed by atoms with Gasteiger partial charge in [-0.15, -0.1) is 0 Å². The summed E-state index contributed by atoms with van der Waals surface area (Å²) in [4.78, 5) is 22.5. The Labute approximate surface area is 119 Å². The minimum Gasteiger partial charge on any atom is -0.481 e. The van der Waals surface area contributed by atoms with Crippen molar-refractivity contribution in [2.45, 2.75) is 33.6 Å². The quantitative estimate of drug-likeness (QED) is 0.863. The number of amides is 1. The van der Waals surface area contributed by atoms with Gasteiger partial charge < -0.3 is 10.4 Å². The highest BCUT2D eigenvalue weighted by Gasteiger charge is 2.48. The van der Waals surface area contributed by atoms with Gasteiger partial charge in [-0.2, -0.15) is 0 Å². The van der Waals surface area contributed by atoms with E-state index < -0.39 is 11.9 Å². The van der Waals surface area contributed by atoms with Crippen molar-refractivity contribution in [2.75, 3.05) is 6.54 Å². The lowest BCUT2D eigenvalue weighted by molar-refractivity contribution is -0.140. The lowest BCUT2D eigenvalue weighted by Crippen LogP contribution is -2.28. The average molecular weight is 275 g/mol. The van der Waals surface area contributed by atoms with Gasteiger partial charge in [-0.05, 0) is 50.3 Å². The summed E-state index contributed by atoms with van der Waals surface area (Å²) in [5.41, 5.74) is 5.00. The molecule has 1 saturated carbocycles. The number of aryl methyl sites for hydroxylation is 3. The molecule has 0 aromatic heterocycles. The first-order valence-electron chi connectivity index (χ1n) is 6.97. The fraction of sp³-hybridized carbons (Fsp3) is 0.500. The molecule has 1 aromatic rings. The molecule has 4 nitrogen and oxygen atoms in total. The van der Waals surface area contributed by atoms with Gasteiger partial charge in [0.2, 0.25) is 5.91 Å². The molecule has 0 heterocycles. The zero-order chi connectivity index (χ0) is 14.9. The number of carbonyl (C=O) groups excluding carboxylic acids is 1. The molecular weight excluding hydrogens is 254 g/mol. The van der Waals surface area contributed by atoms with E-state index in [2.05, 4.69) is 38.2 Å². The van der Waals surface area contributed by atoms with Crippen LogP contribution in [0.2, 0.25) is 0 Å². The summed E-state index contributed by atoms with van der Waals surface area (Å²) in [6, 6.07) is 4.29. The Bertz CT molecular complexity index is 528. The fourth-order valence-electron chi connectivity index (χ4n) is 2.80. The van der Waals surface area contributed by atoms with Crippen LogP contribution in [0.25, 0.3) is 0 Å². The number of hydrogen-bond donors (Lipinski definition) is 2.